The highest BCUT2D eigenvalue weighted by Crippen LogP contribution is 2.17. The first-order valence-corrected chi connectivity index (χ1v) is 9.37. The summed E-state index contributed by atoms with van der Waals surface area (Å²) in [6, 6.07) is 0. The molecule has 1 heterocycles. The summed E-state index contributed by atoms with van der Waals surface area (Å²) in [6.07, 6.45) is 4.60. The van der Waals surface area contributed by atoms with Gasteiger partial charge in [-0.2, -0.15) is 0 Å². The van der Waals surface area contributed by atoms with Gasteiger partial charge in [-0.3, -0.25) is 0 Å². The molecule has 1 aliphatic rings. The van der Waals surface area contributed by atoms with E-state index in [-0.39, 0.29) is 5.54 Å². The summed E-state index contributed by atoms with van der Waals surface area (Å²) >= 11 is 0. The van der Waals surface area contributed by atoms with E-state index in [1.165, 1.54) is 19.1 Å². The normalized spacial score (nSPS) is 22.6. The predicted octanol–water partition coefficient (Wildman–Crippen LogP) is 1.52. The van der Waals surface area contributed by atoms with E-state index in [1.807, 2.05) is 0 Å². The molecule has 114 valence electrons. The summed E-state index contributed by atoms with van der Waals surface area (Å²) in [4.78, 5) is 2.42. The number of nitrogens with one attached hydrogen (secondary N) is 1. The minimum atomic E-state index is -2.81. The molecule has 0 aromatic heterocycles. The van der Waals surface area contributed by atoms with Crippen molar-refractivity contribution in [1.82, 2.24) is 10.2 Å². The zero-order valence-corrected chi connectivity index (χ0v) is 13.7. The zero-order chi connectivity index (χ0) is 14.5. The molecule has 0 aromatic rings. The van der Waals surface area contributed by atoms with Crippen molar-refractivity contribution in [3.05, 3.63) is 0 Å². The van der Waals surface area contributed by atoms with Crippen molar-refractivity contribution in [2.45, 2.75) is 45.6 Å². The maximum absolute atomic E-state index is 11.1. The Morgan fingerprint density at radius 2 is 2.00 bits per heavy atom. The van der Waals surface area contributed by atoms with Gasteiger partial charge < -0.3 is 10.2 Å². The molecule has 19 heavy (non-hydrogen) atoms. The van der Waals surface area contributed by atoms with Gasteiger partial charge in [0.05, 0.1) is 5.75 Å². The largest absolute Gasteiger partial charge is 0.312 e. The van der Waals surface area contributed by atoms with Crippen LogP contribution in [0.2, 0.25) is 0 Å². The van der Waals surface area contributed by atoms with Crippen LogP contribution in [0.3, 0.4) is 0 Å². The predicted molar refractivity (Wildman–Crippen MR) is 81.2 cm³/mol. The fraction of sp³-hybridized carbons (Fsp3) is 1.00. The molecule has 0 saturated carbocycles. The smallest absolute Gasteiger partial charge is 0.147 e. The number of piperidine rings is 1. The van der Waals surface area contributed by atoms with Crippen LogP contribution in [0.5, 0.6) is 0 Å². The number of nitrogens with zero attached hydrogens (tertiary/aromatic N) is 1. The molecule has 5 heteroatoms. The first-order valence-electron chi connectivity index (χ1n) is 7.31. The van der Waals surface area contributed by atoms with Crippen LogP contribution in [0.15, 0.2) is 0 Å². The Labute approximate surface area is 118 Å². The third-order valence-corrected chi connectivity index (χ3v) is 4.54. The molecule has 1 fully saturated rings. The molecule has 0 bridgehead atoms. The summed E-state index contributed by atoms with van der Waals surface area (Å²) in [5.41, 5.74) is 0.179. The summed E-state index contributed by atoms with van der Waals surface area (Å²) in [6.45, 7) is 10.8. The maximum Gasteiger partial charge on any atom is 0.147 e. The first kappa shape index (κ1) is 16.9. The van der Waals surface area contributed by atoms with Gasteiger partial charge in [0.25, 0.3) is 0 Å². The molecule has 0 spiro atoms. The second kappa shape index (κ2) is 7.04. The first-order chi connectivity index (χ1) is 8.66. The minimum absolute atomic E-state index is 0.179. The van der Waals surface area contributed by atoms with E-state index in [0.717, 1.165) is 32.6 Å². The van der Waals surface area contributed by atoms with E-state index in [2.05, 4.69) is 31.0 Å². The topological polar surface area (TPSA) is 49.4 Å². The Morgan fingerprint density at radius 3 is 2.58 bits per heavy atom. The lowest BCUT2D eigenvalue weighted by Gasteiger charge is -2.34. The Morgan fingerprint density at radius 1 is 1.32 bits per heavy atom. The van der Waals surface area contributed by atoms with Crippen LogP contribution in [0.25, 0.3) is 0 Å². The van der Waals surface area contributed by atoms with Crippen LogP contribution in [-0.2, 0) is 9.84 Å². The lowest BCUT2D eigenvalue weighted by molar-refractivity contribution is 0.167. The third-order valence-electron chi connectivity index (χ3n) is 3.51. The fourth-order valence-corrected chi connectivity index (χ4v) is 3.18. The molecule has 1 unspecified atom stereocenters. The number of rotatable bonds is 6. The highest BCUT2D eigenvalue weighted by atomic mass is 32.2. The van der Waals surface area contributed by atoms with Crippen molar-refractivity contribution in [3.8, 4) is 0 Å². The summed E-state index contributed by atoms with van der Waals surface area (Å²) in [5, 5.41) is 3.57. The average molecular weight is 290 g/mol. The van der Waals surface area contributed by atoms with Crippen molar-refractivity contribution in [1.29, 1.82) is 0 Å². The van der Waals surface area contributed by atoms with Crippen LogP contribution in [0.1, 0.15) is 40.0 Å². The van der Waals surface area contributed by atoms with E-state index >= 15 is 0 Å². The third kappa shape index (κ3) is 8.60. The summed E-state index contributed by atoms with van der Waals surface area (Å²) < 4.78 is 22.2. The van der Waals surface area contributed by atoms with Gasteiger partial charge in [-0.15, -0.1) is 0 Å². The van der Waals surface area contributed by atoms with Gasteiger partial charge in [-0.1, -0.05) is 0 Å². The lowest BCUT2D eigenvalue weighted by atomic mass is 9.96. The van der Waals surface area contributed by atoms with Gasteiger partial charge in [0.1, 0.15) is 9.84 Å². The van der Waals surface area contributed by atoms with Gasteiger partial charge in [0.15, 0.2) is 0 Å². The number of hydrogen-bond acceptors (Lipinski definition) is 4. The van der Waals surface area contributed by atoms with Gasteiger partial charge in [-0.25, -0.2) is 8.42 Å². The Kier molecular flexibility index (Phi) is 6.27. The second-order valence-electron chi connectivity index (χ2n) is 6.92. The molecule has 1 rings (SSSR count). The Hall–Kier alpha value is -0.130. The molecule has 1 saturated heterocycles. The van der Waals surface area contributed by atoms with Gasteiger partial charge in [-0.05, 0) is 65.6 Å². The van der Waals surface area contributed by atoms with E-state index in [9.17, 15) is 8.42 Å². The van der Waals surface area contributed by atoms with Crippen LogP contribution in [0.4, 0.5) is 0 Å². The van der Waals surface area contributed by atoms with Crippen LogP contribution in [0, 0.1) is 5.92 Å². The molecule has 1 N–H and O–H groups in total. The van der Waals surface area contributed by atoms with Gasteiger partial charge in [0.2, 0.25) is 0 Å². The SMILES string of the molecule is CC(C)(C)NCC1CCCN(CCCS(C)(=O)=O)C1. The number of hydrogen-bond donors (Lipinski definition) is 1. The van der Waals surface area contributed by atoms with Crippen molar-refractivity contribution >= 4 is 9.84 Å². The molecular weight excluding hydrogens is 260 g/mol. The quantitative estimate of drug-likeness (QED) is 0.806. The van der Waals surface area contributed by atoms with Crippen molar-refractivity contribution in [2.24, 2.45) is 5.92 Å². The summed E-state index contributed by atoms with van der Waals surface area (Å²) in [7, 11) is -2.81. The van der Waals surface area contributed by atoms with E-state index in [4.69, 9.17) is 0 Å². The molecule has 1 atom stereocenters. The zero-order valence-electron chi connectivity index (χ0n) is 12.9. The molecule has 0 amide bonds. The Bertz CT molecular complexity index is 360. The molecular formula is C14H30N2O2S. The molecule has 0 aromatic carbocycles. The molecule has 0 aliphatic carbocycles. The van der Waals surface area contributed by atoms with Crippen molar-refractivity contribution in [3.63, 3.8) is 0 Å². The van der Waals surface area contributed by atoms with E-state index < -0.39 is 9.84 Å². The van der Waals surface area contributed by atoms with Crippen LogP contribution >= 0.6 is 0 Å². The van der Waals surface area contributed by atoms with Crippen molar-refractivity contribution < 1.29 is 8.42 Å². The lowest BCUT2D eigenvalue weighted by Crippen LogP contribution is -2.44. The Balaban J connectivity index is 2.26. The van der Waals surface area contributed by atoms with E-state index in [1.54, 1.807) is 0 Å². The van der Waals surface area contributed by atoms with Crippen LogP contribution < -0.4 is 5.32 Å². The minimum Gasteiger partial charge on any atom is -0.312 e. The number of sulfone groups is 1. The highest BCUT2D eigenvalue weighted by molar-refractivity contribution is 7.90. The van der Waals surface area contributed by atoms with Gasteiger partial charge in [0, 0.05) is 18.3 Å². The standard InChI is InChI=1S/C14H30N2O2S/c1-14(2,3)15-11-13-7-5-8-16(12-13)9-6-10-19(4,17)18/h13,15H,5-12H2,1-4H3. The molecule has 4 nitrogen and oxygen atoms in total. The molecule has 1 aliphatic heterocycles. The average Bonchev–Trinajstić information content (AvgIpc) is 2.24. The molecule has 0 radical (unpaired) electrons. The number of likely N-dealkylation sites (tertiary alicyclic amines) is 1. The van der Waals surface area contributed by atoms with E-state index in [0.29, 0.717) is 11.7 Å². The van der Waals surface area contributed by atoms with Crippen molar-refractivity contribution in [2.75, 3.05) is 38.2 Å². The van der Waals surface area contributed by atoms with Crippen LogP contribution in [-0.4, -0.2) is 57.0 Å². The maximum atomic E-state index is 11.1. The highest BCUT2D eigenvalue weighted by Gasteiger charge is 2.21. The van der Waals surface area contributed by atoms with Gasteiger partial charge >= 0.3 is 0 Å². The fourth-order valence-electron chi connectivity index (χ4n) is 2.52. The second-order valence-corrected chi connectivity index (χ2v) is 9.18. The monoisotopic (exact) mass is 290 g/mol. The summed E-state index contributed by atoms with van der Waals surface area (Å²) in [5.74, 6) is 1.01.